The molecule has 0 aliphatic carbocycles. The predicted molar refractivity (Wildman–Crippen MR) is 103 cm³/mol. The highest BCUT2D eigenvalue weighted by Gasteiger charge is 2.17. The van der Waals surface area contributed by atoms with Gasteiger partial charge in [0.25, 0.3) is 0 Å². The van der Waals surface area contributed by atoms with Crippen molar-refractivity contribution in [3.8, 4) is 5.75 Å². The quantitative estimate of drug-likeness (QED) is 0.760. The van der Waals surface area contributed by atoms with Gasteiger partial charge >= 0.3 is 0 Å². The highest BCUT2D eigenvalue weighted by molar-refractivity contribution is 9.10. The first-order valence-corrected chi connectivity index (χ1v) is 8.24. The Morgan fingerprint density at radius 3 is 2.50 bits per heavy atom. The smallest absolute Gasteiger partial charge is 0.237 e. The summed E-state index contributed by atoms with van der Waals surface area (Å²) < 4.78 is 6.07. The molecule has 2 aromatic carbocycles. The molecule has 0 fully saturated rings. The van der Waals surface area contributed by atoms with Gasteiger partial charge in [0.1, 0.15) is 5.75 Å². The normalized spacial score (nSPS) is 12.7. The molecule has 6 heteroatoms. The molecule has 1 amide bonds. The van der Waals surface area contributed by atoms with Gasteiger partial charge in [-0.3, -0.25) is 4.79 Å². The molecule has 0 saturated carbocycles. The summed E-state index contributed by atoms with van der Waals surface area (Å²) in [4.78, 5) is 12.3. The molecule has 4 nitrogen and oxygen atoms in total. The molecule has 2 aromatic rings. The van der Waals surface area contributed by atoms with Crippen LogP contribution >= 0.6 is 28.3 Å². The monoisotopic (exact) mass is 412 g/mol. The van der Waals surface area contributed by atoms with Gasteiger partial charge < -0.3 is 15.8 Å². The minimum atomic E-state index is -0.568. The summed E-state index contributed by atoms with van der Waals surface area (Å²) in [5, 5.41) is 2.96. The maximum absolute atomic E-state index is 12.3. The third-order valence-corrected chi connectivity index (χ3v) is 4.29. The standard InChI is InChI=1S/C18H21BrN2O2.ClH/c1-12(14-8-9-17(23-2)15(19)11-14)21-18(22)16(20)10-13-6-4-3-5-7-13;/h3-9,11-12,16H,10,20H2,1-2H3,(H,21,22);1H/t12?,16-;/m0./s1. The van der Waals surface area contributed by atoms with E-state index in [1.165, 1.54) is 0 Å². The average molecular weight is 414 g/mol. The number of nitrogens with one attached hydrogen (secondary N) is 1. The lowest BCUT2D eigenvalue weighted by Crippen LogP contribution is -2.42. The fraction of sp³-hybridized carbons (Fsp3) is 0.278. The fourth-order valence-electron chi connectivity index (χ4n) is 2.32. The van der Waals surface area contributed by atoms with Crippen LogP contribution in [0.25, 0.3) is 0 Å². The van der Waals surface area contributed by atoms with Crippen LogP contribution in [0.15, 0.2) is 53.0 Å². The van der Waals surface area contributed by atoms with Gasteiger partial charge in [0.2, 0.25) is 5.91 Å². The predicted octanol–water partition coefficient (Wildman–Crippen LogP) is 3.63. The SMILES string of the molecule is COc1ccc(C(C)NC(=O)[C@@H](N)Cc2ccccc2)cc1Br.Cl. The molecule has 0 aliphatic heterocycles. The Labute approximate surface area is 157 Å². The second kappa shape index (κ2) is 9.67. The molecule has 0 saturated heterocycles. The van der Waals surface area contributed by atoms with Crippen molar-refractivity contribution in [2.75, 3.05) is 7.11 Å². The zero-order valence-corrected chi connectivity index (χ0v) is 16.1. The summed E-state index contributed by atoms with van der Waals surface area (Å²) in [6, 6.07) is 14.8. The number of benzene rings is 2. The zero-order chi connectivity index (χ0) is 16.8. The number of hydrogen-bond acceptors (Lipinski definition) is 3. The maximum atomic E-state index is 12.3. The third kappa shape index (κ3) is 5.51. The van der Waals surface area contributed by atoms with Gasteiger partial charge in [-0.2, -0.15) is 0 Å². The number of nitrogens with two attached hydrogens (primary N) is 1. The second-order valence-electron chi connectivity index (χ2n) is 5.42. The lowest BCUT2D eigenvalue weighted by Gasteiger charge is -2.18. The molecule has 0 spiro atoms. The van der Waals surface area contributed by atoms with Crippen LogP contribution < -0.4 is 15.8 Å². The summed E-state index contributed by atoms with van der Waals surface area (Å²) >= 11 is 3.45. The van der Waals surface area contributed by atoms with Crippen molar-refractivity contribution in [2.45, 2.75) is 25.4 Å². The minimum Gasteiger partial charge on any atom is -0.496 e. The molecule has 24 heavy (non-hydrogen) atoms. The fourth-order valence-corrected chi connectivity index (χ4v) is 2.87. The van der Waals surface area contributed by atoms with E-state index >= 15 is 0 Å². The first-order valence-electron chi connectivity index (χ1n) is 7.44. The van der Waals surface area contributed by atoms with Crippen LogP contribution in [0, 0.1) is 0 Å². The summed E-state index contributed by atoms with van der Waals surface area (Å²) in [6.07, 6.45) is 0.520. The van der Waals surface area contributed by atoms with Gasteiger partial charge in [-0.05, 0) is 52.5 Å². The minimum absolute atomic E-state index is 0. The highest BCUT2D eigenvalue weighted by atomic mass is 79.9. The van der Waals surface area contributed by atoms with Crippen molar-refractivity contribution < 1.29 is 9.53 Å². The van der Waals surface area contributed by atoms with E-state index in [0.717, 1.165) is 21.3 Å². The number of ether oxygens (including phenoxy) is 1. The molecule has 130 valence electrons. The van der Waals surface area contributed by atoms with Gasteiger partial charge in [-0.25, -0.2) is 0 Å². The molecule has 0 radical (unpaired) electrons. The first-order chi connectivity index (χ1) is 11.0. The van der Waals surface area contributed by atoms with Crippen molar-refractivity contribution in [1.82, 2.24) is 5.32 Å². The molecule has 0 heterocycles. The van der Waals surface area contributed by atoms with Gasteiger partial charge in [0.15, 0.2) is 0 Å². The van der Waals surface area contributed by atoms with E-state index in [1.54, 1.807) is 7.11 Å². The number of methoxy groups -OCH3 is 1. The number of rotatable bonds is 6. The van der Waals surface area contributed by atoms with Crippen LogP contribution in [0.2, 0.25) is 0 Å². The van der Waals surface area contributed by atoms with Gasteiger partial charge in [-0.15, -0.1) is 12.4 Å². The Balaban J connectivity index is 0.00000288. The van der Waals surface area contributed by atoms with Crippen LogP contribution in [0.5, 0.6) is 5.75 Å². The van der Waals surface area contributed by atoms with Crippen LogP contribution in [-0.4, -0.2) is 19.1 Å². The summed E-state index contributed by atoms with van der Waals surface area (Å²) in [6.45, 7) is 1.93. The molecular formula is C18H22BrClN2O2. The van der Waals surface area contributed by atoms with Crippen molar-refractivity contribution in [2.24, 2.45) is 5.73 Å². The third-order valence-electron chi connectivity index (χ3n) is 3.67. The molecule has 2 rings (SSSR count). The van der Waals surface area contributed by atoms with Crippen molar-refractivity contribution in [3.63, 3.8) is 0 Å². The van der Waals surface area contributed by atoms with Crippen molar-refractivity contribution >= 4 is 34.2 Å². The van der Waals surface area contributed by atoms with Crippen molar-refractivity contribution in [1.29, 1.82) is 0 Å². The van der Waals surface area contributed by atoms with E-state index in [4.69, 9.17) is 10.5 Å². The highest BCUT2D eigenvalue weighted by Crippen LogP contribution is 2.27. The molecule has 3 N–H and O–H groups in total. The Hall–Kier alpha value is -1.56. The number of carbonyl (C=O) groups excluding carboxylic acids is 1. The number of amides is 1. The second-order valence-corrected chi connectivity index (χ2v) is 6.27. The van der Waals surface area contributed by atoms with E-state index in [9.17, 15) is 4.79 Å². The Kier molecular flexibility index (Phi) is 8.25. The molecule has 0 aliphatic rings. The molecule has 1 unspecified atom stereocenters. The maximum Gasteiger partial charge on any atom is 0.237 e. The van der Waals surface area contributed by atoms with E-state index in [0.29, 0.717) is 6.42 Å². The molecular weight excluding hydrogens is 392 g/mol. The summed E-state index contributed by atoms with van der Waals surface area (Å²) in [5.74, 6) is 0.598. The van der Waals surface area contributed by atoms with Gasteiger partial charge in [0.05, 0.1) is 23.7 Å². The Morgan fingerprint density at radius 2 is 1.92 bits per heavy atom. The van der Waals surface area contributed by atoms with Crippen LogP contribution in [0.4, 0.5) is 0 Å². The van der Waals surface area contributed by atoms with Crippen LogP contribution in [-0.2, 0) is 11.2 Å². The topological polar surface area (TPSA) is 64.3 Å². The first kappa shape index (κ1) is 20.5. The van der Waals surface area contributed by atoms with Gasteiger partial charge in [-0.1, -0.05) is 36.4 Å². The molecule has 2 atom stereocenters. The summed E-state index contributed by atoms with van der Waals surface area (Å²) in [5.41, 5.74) is 8.04. The van der Waals surface area contributed by atoms with Crippen molar-refractivity contribution in [3.05, 3.63) is 64.1 Å². The summed E-state index contributed by atoms with van der Waals surface area (Å²) in [7, 11) is 1.62. The lowest BCUT2D eigenvalue weighted by atomic mass is 10.0. The molecule has 0 aromatic heterocycles. The number of halogens is 2. The zero-order valence-electron chi connectivity index (χ0n) is 13.7. The number of carbonyl (C=O) groups is 1. The largest absolute Gasteiger partial charge is 0.496 e. The van der Waals surface area contributed by atoms with E-state index < -0.39 is 6.04 Å². The van der Waals surface area contributed by atoms with Gasteiger partial charge in [0, 0.05) is 0 Å². The van der Waals surface area contributed by atoms with Crippen LogP contribution in [0.3, 0.4) is 0 Å². The van der Waals surface area contributed by atoms with E-state index in [2.05, 4.69) is 21.2 Å². The number of hydrogen-bond donors (Lipinski definition) is 2. The Bertz CT molecular complexity index is 667. The van der Waals surface area contributed by atoms with E-state index in [-0.39, 0.29) is 24.4 Å². The molecule has 0 bridgehead atoms. The lowest BCUT2D eigenvalue weighted by molar-refractivity contribution is -0.123. The Morgan fingerprint density at radius 1 is 1.25 bits per heavy atom. The van der Waals surface area contributed by atoms with E-state index in [1.807, 2.05) is 55.5 Å². The van der Waals surface area contributed by atoms with Crippen LogP contribution in [0.1, 0.15) is 24.1 Å². The average Bonchev–Trinajstić information content (AvgIpc) is 2.55.